The van der Waals surface area contributed by atoms with Gasteiger partial charge < -0.3 is 10.2 Å². The summed E-state index contributed by atoms with van der Waals surface area (Å²) in [5, 5.41) is 4.92. The van der Waals surface area contributed by atoms with Gasteiger partial charge in [-0.2, -0.15) is 0 Å². The van der Waals surface area contributed by atoms with Crippen molar-refractivity contribution in [2.24, 2.45) is 0 Å². The van der Waals surface area contributed by atoms with Gasteiger partial charge in [-0.1, -0.05) is 23.2 Å². The summed E-state index contributed by atoms with van der Waals surface area (Å²) >= 11 is 12.0. The molecule has 1 fully saturated rings. The maximum Gasteiger partial charge on any atom is 0.0424 e. The Morgan fingerprint density at radius 1 is 1.17 bits per heavy atom. The van der Waals surface area contributed by atoms with Crippen molar-refractivity contribution in [2.45, 2.75) is 32.4 Å². The van der Waals surface area contributed by atoms with E-state index >= 15 is 0 Å². The van der Waals surface area contributed by atoms with E-state index in [0.717, 1.165) is 18.7 Å². The predicted molar refractivity (Wildman–Crippen MR) is 78.4 cm³/mol. The SMILES string of the molecule is CC(CN1CCCC1)NCc1cc(Cl)cc(Cl)c1. The molecule has 2 nitrogen and oxygen atoms in total. The molecule has 4 heteroatoms. The summed E-state index contributed by atoms with van der Waals surface area (Å²) in [6, 6.07) is 6.17. The van der Waals surface area contributed by atoms with Gasteiger partial charge in [-0.05, 0) is 56.6 Å². The van der Waals surface area contributed by atoms with Gasteiger partial charge in [0.2, 0.25) is 0 Å². The Bertz CT molecular complexity index is 369. The Hall–Kier alpha value is -0.280. The number of hydrogen-bond acceptors (Lipinski definition) is 2. The molecule has 1 atom stereocenters. The van der Waals surface area contributed by atoms with Gasteiger partial charge in [-0.15, -0.1) is 0 Å². The normalized spacial score (nSPS) is 18.2. The van der Waals surface area contributed by atoms with E-state index < -0.39 is 0 Å². The van der Waals surface area contributed by atoms with Crippen LogP contribution in [0.1, 0.15) is 25.3 Å². The van der Waals surface area contributed by atoms with E-state index in [1.807, 2.05) is 12.1 Å². The summed E-state index contributed by atoms with van der Waals surface area (Å²) in [5.74, 6) is 0. The zero-order valence-electron chi connectivity index (χ0n) is 10.8. The van der Waals surface area contributed by atoms with Gasteiger partial charge in [-0.3, -0.25) is 0 Å². The molecule has 0 radical (unpaired) electrons. The average Bonchev–Trinajstić information content (AvgIpc) is 2.78. The zero-order valence-corrected chi connectivity index (χ0v) is 12.3. The van der Waals surface area contributed by atoms with Crippen LogP contribution in [-0.2, 0) is 6.54 Å². The number of likely N-dealkylation sites (tertiary alicyclic amines) is 1. The summed E-state index contributed by atoms with van der Waals surface area (Å²) in [6.07, 6.45) is 2.69. The van der Waals surface area contributed by atoms with Crippen LogP contribution in [0.4, 0.5) is 0 Å². The van der Waals surface area contributed by atoms with Crippen LogP contribution in [-0.4, -0.2) is 30.6 Å². The second-order valence-corrected chi connectivity index (χ2v) is 5.94. The standard InChI is InChI=1S/C14H20Cl2N2/c1-11(10-18-4-2-3-5-18)17-9-12-6-13(15)8-14(16)7-12/h6-8,11,17H,2-5,9-10H2,1H3. The van der Waals surface area contributed by atoms with Gasteiger partial charge in [0.25, 0.3) is 0 Å². The minimum atomic E-state index is 0.487. The predicted octanol–water partition coefficient (Wildman–Crippen LogP) is 3.57. The maximum atomic E-state index is 5.98. The molecule has 0 spiro atoms. The molecule has 2 rings (SSSR count). The van der Waals surface area contributed by atoms with E-state index in [2.05, 4.69) is 17.1 Å². The lowest BCUT2D eigenvalue weighted by Gasteiger charge is -2.21. The quantitative estimate of drug-likeness (QED) is 0.890. The molecule has 1 aromatic carbocycles. The fourth-order valence-corrected chi connectivity index (χ4v) is 2.99. The second kappa shape index (κ2) is 6.76. The van der Waals surface area contributed by atoms with E-state index in [-0.39, 0.29) is 0 Å². The molecule has 1 aliphatic rings. The van der Waals surface area contributed by atoms with Crippen molar-refractivity contribution in [1.29, 1.82) is 0 Å². The fourth-order valence-electron chi connectivity index (χ4n) is 2.42. The largest absolute Gasteiger partial charge is 0.309 e. The third-order valence-electron chi connectivity index (χ3n) is 3.31. The minimum absolute atomic E-state index is 0.487. The van der Waals surface area contributed by atoms with Gasteiger partial charge in [0.05, 0.1) is 0 Å². The van der Waals surface area contributed by atoms with Crippen LogP contribution < -0.4 is 5.32 Å². The lowest BCUT2D eigenvalue weighted by Crippen LogP contribution is -2.37. The second-order valence-electron chi connectivity index (χ2n) is 5.07. The van der Waals surface area contributed by atoms with Gasteiger partial charge in [0.15, 0.2) is 0 Å². The number of halogens is 2. The number of hydrogen-bond donors (Lipinski definition) is 1. The number of nitrogens with one attached hydrogen (secondary N) is 1. The Balaban J connectivity index is 1.79. The monoisotopic (exact) mass is 286 g/mol. The first kappa shape index (κ1) is 14.1. The van der Waals surface area contributed by atoms with Crippen LogP contribution in [0.5, 0.6) is 0 Å². The first-order valence-corrected chi connectivity index (χ1v) is 7.30. The van der Waals surface area contributed by atoms with Crippen molar-refractivity contribution in [3.8, 4) is 0 Å². The van der Waals surface area contributed by atoms with Crippen LogP contribution in [0.15, 0.2) is 18.2 Å². The molecule has 18 heavy (non-hydrogen) atoms. The lowest BCUT2D eigenvalue weighted by molar-refractivity contribution is 0.298. The number of rotatable bonds is 5. The van der Waals surface area contributed by atoms with Gasteiger partial charge in [0.1, 0.15) is 0 Å². The molecule has 0 bridgehead atoms. The first-order chi connectivity index (χ1) is 8.63. The zero-order chi connectivity index (χ0) is 13.0. The molecule has 0 aromatic heterocycles. The van der Waals surface area contributed by atoms with Crippen molar-refractivity contribution in [1.82, 2.24) is 10.2 Å². The highest BCUT2D eigenvalue weighted by Gasteiger charge is 2.14. The molecule has 1 aliphatic heterocycles. The molecule has 0 amide bonds. The van der Waals surface area contributed by atoms with Crippen molar-refractivity contribution < 1.29 is 0 Å². The third-order valence-corrected chi connectivity index (χ3v) is 3.74. The third kappa shape index (κ3) is 4.43. The highest BCUT2D eigenvalue weighted by Crippen LogP contribution is 2.19. The van der Waals surface area contributed by atoms with Crippen molar-refractivity contribution in [2.75, 3.05) is 19.6 Å². The topological polar surface area (TPSA) is 15.3 Å². The van der Waals surface area contributed by atoms with Crippen LogP contribution in [0, 0.1) is 0 Å². The molecule has 0 saturated carbocycles. The number of nitrogens with zero attached hydrogens (tertiary/aromatic N) is 1. The van der Waals surface area contributed by atoms with Gasteiger partial charge in [-0.25, -0.2) is 0 Å². The van der Waals surface area contributed by atoms with Crippen LogP contribution in [0.25, 0.3) is 0 Å². The summed E-state index contributed by atoms with van der Waals surface area (Å²) in [7, 11) is 0. The van der Waals surface area contributed by atoms with Gasteiger partial charge >= 0.3 is 0 Å². The maximum absolute atomic E-state index is 5.98. The molecule has 1 unspecified atom stereocenters. The van der Waals surface area contributed by atoms with Crippen LogP contribution >= 0.6 is 23.2 Å². The van der Waals surface area contributed by atoms with E-state index in [0.29, 0.717) is 16.1 Å². The molecule has 1 heterocycles. The van der Waals surface area contributed by atoms with E-state index in [9.17, 15) is 0 Å². The molecule has 1 N–H and O–H groups in total. The Labute approximate surface area is 119 Å². The van der Waals surface area contributed by atoms with E-state index in [1.165, 1.54) is 25.9 Å². The Morgan fingerprint density at radius 2 is 1.78 bits per heavy atom. The molecule has 1 aromatic rings. The van der Waals surface area contributed by atoms with Crippen molar-refractivity contribution >= 4 is 23.2 Å². The van der Waals surface area contributed by atoms with Gasteiger partial charge in [0, 0.05) is 29.2 Å². The summed E-state index contributed by atoms with van der Waals surface area (Å²) in [5.41, 5.74) is 1.14. The summed E-state index contributed by atoms with van der Waals surface area (Å²) in [4.78, 5) is 2.52. The van der Waals surface area contributed by atoms with Crippen LogP contribution in [0.2, 0.25) is 10.0 Å². The van der Waals surface area contributed by atoms with Crippen LogP contribution in [0.3, 0.4) is 0 Å². The molecule has 100 valence electrons. The summed E-state index contributed by atoms with van der Waals surface area (Å²) < 4.78 is 0. The van der Waals surface area contributed by atoms with E-state index in [1.54, 1.807) is 6.07 Å². The Kier molecular flexibility index (Phi) is 5.31. The molecule has 0 aliphatic carbocycles. The molecular formula is C14H20Cl2N2. The highest BCUT2D eigenvalue weighted by molar-refractivity contribution is 6.34. The fraction of sp³-hybridized carbons (Fsp3) is 0.571. The van der Waals surface area contributed by atoms with Crippen molar-refractivity contribution in [3.05, 3.63) is 33.8 Å². The molecule has 1 saturated heterocycles. The molecular weight excluding hydrogens is 267 g/mol. The lowest BCUT2D eigenvalue weighted by atomic mass is 10.2. The van der Waals surface area contributed by atoms with Crippen molar-refractivity contribution in [3.63, 3.8) is 0 Å². The van der Waals surface area contributed by atoms with E-state index in [4.69, 9.17) is 23.2 Å². The number of benzene rings is 1. The average molecular weight is 287 g/mol. The Morgan fingerprint density at radius 3 is 2.39 bits per heavy atom. The summed E-state index contributed by atoms with van der Waals surface area (Å²) in [6.45, 7) is 6.65. The highest BCUT2D eigenvalue weighted by atomic mass is 35.5. The minimum Gasteiger partial charge on any atom is -0.309 e. The smallest absolute Gasteiger partial charge is 0.0424 e. The first-order valence-electron chi connectivity index (χ1n) is 6.54.